The zero-order valence-electron chi connectivity index (χ0n) is 17.6. The first-order valence-electron chi connectivity index (χ1n) is 10.7. The number of morpholine rings is 1. The summed E-state index contributed by atoms with van der Waals surface area (Å²) in [6.07, 6.45) is 1.49. The number of ether oxygens (including phenoxy) is 1. The summed E-state index contributed by atoms with van der Waals surface area (Å²) in [5, 5.41) is 5.22. The Kier molecular flexibility index (Phi) is 6.51. The van der Waals surface area contributed by atoms with Crippen molar-refractivity contribution in [3.05, 3.63) is 51.7 Å². The van der Waals surface area contributed by atoms with Gasteiger partial charge in [-0.3, -0.25) is 14.5 Å². The van der Waals surface area contributed by atoms with E-state index in [-0.39, 0.29) is 24.0 Å². The van der Waals surface area contributed by atoms with E-state index in [2.05, 4.69) is 34.7 Å². The van der Waals surface area contributed by atoms with Crippen molar-refractivity contribution < 1.29 is 14.3 Å². The number of benzene rings is 1. The molecule has 0 spiro atoms. The first kappa shape index (κ1) is 21.0. The number of anilines is 1. The Hall–Kier alpha value is -2.22. The van der Waals surface area contributed by atoms with E-state index >= 15 is 0 Å². The van der Waals surface area contributed by atoms with Crippen LogP contribution >= 0.6 is 11.3 Å². The number of rotatable bonds is 6. The van der Waals surface area contributed by atoms with Gasteiger partial charge in [0.25, 0.3) is 5.91 Å². The number of amides is 2. The molecule has 2 aliphatic heterocycles. The van der Waals surface area contributed by atoms with E-state index < -0.39 is 0 Å². The molecule has 160 valence electrons. The van der Waals surface area contributed by atoms with Crippen LogP contribution < -0.4 is 10.2 Å². The Morgan fingerprint density at radius 3 is 2.90 bits per heavy atom. The predicted molar refractivity (Wildman–Crippen MR) is 119 cm³/mol. The van der Waals surface area contributed by atoms with Crippen molar-refractivity contribution in [2.45, 2.75) is 38.8 Å². The average molecular weight is 428 g/mol. The third kappa shape index (κ3) is 4.43. The lowest BCUT2D eigenvalue weighted by Crippen LogP contribution is -2.46. The molecule has 4 rings (SSSR count). The van der Waals surface area contributed by atoms with Crippen LogP contribution in [0.4, 0.5) is 5.69 Å². The van der Waals surface area contributed by atoms with Crippen molar-refractivity contribution in [1.29, 1.82) is 0 Å². The molecule has 1 aromatic carbocycles. The second kappa shape index (κ2) is 9.29. The minimum atomic E-state index is -0.0686. The second-order valence-electron chi connectivity index (χ2n) is 7.91. The standard InChI is InChI=1S/C23H29N3O3S/c1-3-22(27)26-9-8-17-13-18(6-7-19(17)26)23(28)24-14-20(21-5-4-12-30-21)25-10-11-29-16(2)15-25/h4-7,12-13,16,20H,3,8-11,14-15H2,1-2H3,(H,24,28)/t16-,20+/m1/s1. The van der Waals surface area contributed by atoms with E-state index in [1.165, 1.54) is 4.88 Å². The van der Waals surface area contributed by atoms with E-state index in [0.717, 1.165) is 37.4 Å². The first-order chi connectivity index (χ1) is 14.6. The molecule has 30 heavy (non-hydrogen) atoms. The molecule has 2 atom stereocenters. The maximum absolute atomic E-state index is 12.9. The van der Waals surface area contributed by atoms with Gasteiger partial charge in [0.15, 0.2) is 0 Å². The number of hydrogen-bond acceptors (Lipinski definition) is 5. The van der Waals surface area contributed by atoms with Crippen molar-refractivity contribution in [2.75, 3.05) is 37.7 Å². The Morgan fingerprint density at radius 2 is 2.17 bits per heavy atom. The lowest BCUT2D eigenvalue weighted by atomic mass is 10.1. The summed E-state index contributed by atoms with van der Waals surface area (Å²) < 4.78 is 5.69. The maximum Gasteiger partial charge on any atom is 0.251 e. The highest BCUT2D eigenvalue weighted by Gasteiger charge is 2.28. The fraction of sp³-hybridized carbons (Fsp3) is 0.478. The number of thiophene rings is 1. The van der Waals surface area contributed by atoms with Crippen molar-refractivity contribution in [2.24, 2.45) is 0 Å². The van der Waals surface area contributed by atoms with Gasteiger partial charge in [-0.15, -0.1) is 11.3 Å². The second-order valence-corrected chi connectivity index (χ2v) is 8.89. The summed E-state index contributed by atoms with van der Waals surface area (Å²) >= 11 is 1.72. The minimum Gasteiger partial charge on any atom is -0.376 e. The van der Waals surface area contributed by atoms with Gasteiger partial charge < -0.3 is 15.0 Å². The molecule has 0 bridgehead atoms. The van der Waals surface area contributed by atoms with Gasteiger partial charge in [-0.05, 0) is 48.6 Å². The normalized spacial score (nSPS) is 20.1. The zero-order valence-corrected chi connectivity index (χ0v) is 18.4. The molecular formula is C23H29N3O3S. The Morgan fingerprint density at radius 1 is 1.30 bits per heavy atom. The molecule has 6 nitrogen and oxygen atoms in total. The molecule has 0 unspecified atom stereocenters. The highest BCUT2D eigenvalue weighted by Crippen LogP contribution is 2.30. The molecule has 0 radical (unpaired) electrons. The van der Waals surface area contributed by atoms with E-state index in [9.17, 15) is 9.59 Å². The van der Waals surface area contributed by atoms with Crippen LogP contribution in [0.25, 0.3) is 0 Å². The van der Waals surface area contributed by atoms with Gasteiger partial charge in [-0.2, -0.15) is 0 Å². The predicted octanol–water partition coefficient (Wildman–Crippen LogP) is 3.24. The molecule has 2 aromatic rings. The average Bonchev–Trinajstić information content (AvgIpc) is 3.43. The highest BCUT2D eigenvalue weighted by atomic mass is 32.1. The SMILES string of the molecule is CCC(=O)N1CCc2cc(C(=O)NC[C@@H](c3cccs3)N3CCO[C@H](C)C3)ccc21. The van der Waals surface area contributed by atoms with E-state index in [0.29, 0.717) is 25.1 Å². The quantitative estimate of drug-likeness (QED) is 0.769. The van der Waals surface area contributed by atoms with Crippen LogP contribution in [0.3, 0.4) is 0 Å². The van der Waals surface area contributed by atoms with Gasteiger partial charge in [0, 0.05) is 48.7 Å². The third-order valence-corrected chi connectivity index (χ3v) is 6.86. The number of carbonyl (C=O) groups excluding carboxylic acids is 2. The smallest absolute Gasteiger partial charge is 0.251 e. The molecular weight excluding hydrogens is 398 g/mol. The monoisotopic (exact) mass is 427 g/mol. The van der Waals surface area contributed by atoms with Gasteiger partial charge in [-0.1, -0.05) is 13.0 Å². The first-order valence-corrected chi connectivity index (χ1v) is 11.5. The number of nitrogens with one attached hydrogen (secondary N) is 1. The van der Waals surface area contributed by atoms with Gasteiger partial charge in [0.05, 0.1) is 18.8 Å². The molecule has 0 aliphatic carbocycles. The summed E-state index contributed by atoms with van der Waals surface area (Å²) in [5.41, 5.74) is 2.67. The largest absolute Gasteiger partial charge is 0.376 e. The van der Waals surface area contributed by atoms with E-state index in [4.69, 9.17) is 4.74 Å². The van der Waals surface area contributed by atoms with Crippen LogP contribution in [0, 0.1) is 0 Å². The van der Waals surface area contributed by atoms with Gasteiger partial charge in [-0.25, -0.2) is 0 Å². The molecule has 2 amide bonds. The molecule has 1 saturated heterocycles. The summed E-state index contributed by atoms with van der Waals surface area (Å²) in [7, 11) is 0. The lowest BCUT2D eigenvalue weighted by Gasteiger charge is -2.37. The van der Waals surface area contributed by atoms with Gasteiger partial charge in [0.2, 0.25) is 5.91 Å². The number of carbonyl (C=O) groups is 2. The Bertz CT molecular complexity index is 899. The molecule has 0 saturated carbocycles. The van der Waals surface area contributed by atoms with Crippen molar-refractivity contribution in [3.63, 3.8) is 0 Å². The Labute approximate surface area is 181 Å². The van der Waals surface area contributed by atoms with Crippen LogP contribution in [-0.2, 0) is 16.0 Å². The van der Waals surface area contributed by atoms with E-state index in [1.807, 2.05) is 30.0 Å². The fourth-order valence-corrected chi connectivity index (χ4v) is 5.16. The topological polar surface area (TPSA) is 61.9 Å². The highest BCUT2D eigenvalue weighted by molar-refractivity contribution is 7.10. The molecule has 1 aromatic heterocycles. The Balaban J connectivity index is 1.44. The minimum absolute atomic E-state index is 0.0686. The van der Waals surface area contributed by atoms with Crippen LogP contribution in [0.1, 0.15) is 47.1 Å². The number of fused-ring (bicyclic) bond motifs is 1. The fourth-order valence-electron chi connectivity index (χ4n) is 4.30. The van der Waals surface area contributed by atoms with Crippen LogP contribution in [0.2, 0.25) is 0 Å². The van der Waals surface area contributed by atoms with Crippen molar-refractivity contribution in [1.82, 2.24) is 10.2 Å². The van der Waals surface area contributed by atoms with Gasteiger partial charge >= 0.3 is 0 Å². The molecule has 1 N–H and O–H groups in total. The number of nitrogens with zero attached hydrogens (tertiary/aromatic N) is 2. The molecule has 3 heterocycles. The van der Waals surface area contributed by atoms with Gasteiger partial charge in [0.1, 0.15) is 0 Å². The lowest BCUT2D eigenvalue weighted by molar-refractivity contribution is -0.118. The van der Waals surface area contributed by atoms with Crippen LogP contribution in [0.15, 0.2) is 35.7 Å². The van der Waals surface area contributed by atoms with Crippen molar-refractivity contribution >= 4 is 28.8 Å². The summed E-state index contributed by atoms with van der Waals surface area (Å²) in [6, 6.07) is 10.0. The van der Waals surface area contributed by atoms with Crippen LogP contribution in [-0.4, -0.2) is 55.6 Å². The number of hydrogen-bond donors (Lipinski definition) is 1. The third-order valence-electron chi connectivity index (χ3n) is 5.88. The molecule has 1 fully saturated rings. The zero-order chi connectivity index (χ0) is 21.1. The van der Waals surface area contributed by atoms with Crippen molar-refractivity contribution in [3.8, 4) is 0 Å². The summed E-state index contributed by atoms with van der Waals surface area (Å²) in [5.74, 6) is 0.0606. The maximum atomic E-state index is 12.9. The van der Waals surface area contributed by atoms with Crippen LogP contribution in [0.5, 0.6) is 0 Å². The van der Waals surface area contributed by atoms with E-state index in [1.54, 1.807) is 11.3 Å². The summed E-state index contributed by atoms with van der Waals surface area (Å²) in [6.45, 7) is 7.66. The summed E-state index contributed by atoms with van der Waals surface area (Å²) in [4.78, 5) is 30.5. The molecule has 2 aliphatic rings. The molecule has 7 heteroatoms.